The number of benzene rings is 1. The van der Waals surface area contributed by atoms with Crippen LogP contribution in [0.5, 0.6) is 5.75 Å². The predicted octanol–water partition coefficient (Wildman–Crippen LogP) is 2.43. The summed E-state index contributed by atoms with van der Waals surface area (Å²) < 4.78 is 7.36. The van der Waals surface area contributed by atoms with E-state index >= 15 is 0 Å². The summed E-state index contributed by atoms with van der Waals surface area (Å²) in [5, 5.41) is 7.44. The summed E-state index contributed by atoms with van der Waals surface area (Å²) >= 11 is 6.29. The maximum Gasteiger partial charge on any atom is 0.275 e. The van der Waals surface area contributed by atoms with Crippen LogP contribution in [0.15, 0.2) is 36.8 Å². The Morgan fingerprint density at radius 1 is 1.30 bits per heavy atom. The summed E-state index contributed by atoms with van der Waals surface area (Å²) in [7, 11) is 1.78. The third-order valence-electron chi connectivity index (χ3n) is 3.78. The Kier molecular flexibility index (Phi) is 5.68. The van der Waals surface area contributed by atoms with Crippen molar-refractivity contribution in [1.29, 1.82) is 0 Å². The Hall–Kier alpha value is -2.97. The highest BCUT2D eigenvalue weighted by atomic mass is 35.5. The molecule has 1 aromatic carbocycles. The number of halogens is 1. The molecule has 2 heterocycles. The molecule has 0 aliphatic rings. The van der Waals surface area contributed by atoms with Crippen molar-refractivity contribution in [3.8, 4) is 17.0 Å². The fourth-order valence-corrected chi connectivity index (χ4v) is 2.77. The van der Waals surface area contributed by atoms with Crippen molar-refractivity contribution in [2.75, 3.05) is 18.5 Å². The van der Waals surface area contributed by atoms with Gasteiger partial charge in [-0.25, -0.2) is 4.98 Å². The first-order chi connectivity index (χ1) is 13.0. The van der Waals surface area contributed by atoms with Crippen LogP contribution in [0.1, 0.15) is 16.2 Å². The van der Waals surface area contributed by atoms with Crippen LogP contribution in [-0.2, 0) is 7.05 Å². The lowest BCUT2D eigenvalue weighted by Gasteiger charge is -2.14. The van der Waals surface area contributed by atoms with Crippen molar-refractivity contribution < 1.29 is 9.53 Å². The van der Waals surface area contributed by atoms with E-state index in [4.69, 9.17) is 22.1 Å². The summed E-state index contributed by atoms with van der Waals surface area (Å²) in [6.07, 6.45) is 4.53. The smallest absolute Gasteiger partial charge is 0.275 e. The summed E-state index contributed by atoms with van der Waals surface area (Å²) in [6.45, 7) is 2.54. The Morgan fingerprint density at radius 2 is 2.11 bits per heavy atom. The summed E-state index contributed by atoms with van der Waals surface area (Å²) in [5.74, 6) is 0.235. The van der Waals surface area contributed by atoms with Crippen LogP contribution in [0.25, 0.3) is 11.3 Å². The zero-order valence-electron chi connectivity index (χ0n) is 14.9. The highest BCUT2D eigenvalue weighted by Crippen LogP contribution is 2.36. The first kappa shape index (κ1) is 18.8. The fraction of sp³-hybridized carbons (Fsp3) is 0.222. The molecular weight excluding hydrogens is 368 g/mol. The summed E-state index contributed by atoms with van der Waals surface area (Å²) in [4.78, 5) is 20.6. The number of carbonyl (C=O) groups is 1. The van der Waals surface area contributed by atoms with E-state index in [-0.39, 0.29) is 11.6 Å². The van der Waals surface area contributed by atoms with Crippen LogP contribution >= 0.6 is 11.6 Å². The highest BCUT2D eigenvalue weighted by molar-refractivity contribution is 6.33. The van der Waals surface area contributed by atoms with Gasteiger partial charge in [-0.05, 0) is 25.1 Å². The van der Waals surface area contributed by atoms with E-state index in [9.17, 15) is 4.79 Å². The summed E-state index contributed by atoms with van der Waals surface area (Å²) in [6, 6.07) is 5.26. The third kappa shape index (κ3) is 4.24. The van der Waals surface area contributed by atoms with Crippen molar-refractivity contribution in [1.82, 2.24) is 19.7 Å². The molecule has 0 aliphatic carbocycles. The molecule has 3 N–H and O–H groups in total. The molecule has 140 valence electrons. The van der Waals surface area contributed by atoms with Gasteiger partial charge in [-0.1, -0.05) is 11.6 Å². The molecule has 0 bridgehead atoms. The predicted molar refractivity (Wildman–Crippen MR) is 103 cm³/mol. The van der Waals surface area contributed by atoms with Gasteiger partial charge in [0.05, 0.1) is 28.8 Å². The lowest BCUT2D eigenvalue weighted by atomic mass is 10.1. The molecule has 0 saturated heterocycles. The molecule has 3 aromatic rings. The molecule has 0 saturated carbocycles. The number of nitrogens with two attached hydrogens (primary N) is 1. The molecule has 8 nitrogen and oxygen atoms in total. The second-order valence-electron chi connectivity index (χ2n) is 5.81. The summed E-state index contributed by atoms with van der Waals surface area (Å²) in [5.41, 5.74) is 8.44. The number of anilines is 1. The van der Waals surface area contributed by atoms with E-state index in [1.54, 1.807) is 49.2 Å². The van der Waals surface area contributed by atoms with E-state index in [1.165, 1.54) is 6.20 Å². The van der Waals surface area contributed by atoms with Crippen LogP contribution in [0.2, 0.25) is 5.02 Å². The number of rotatable bonds is 6. The van der Waals surface area contributed by atoms with Gasteiger partial charge in [0, 0.05) is 31.0 Å². The molecule has 3 rings (SSSR count). The maximum absolute atomic E-state index is 12.4. The van der Waals surface area contributed by atoms with Gasteiger partial charge in [0.1, 0.15) is 18.1 Å². The molecule has 0 radical (unpaired) electrons. The maximum atomic E-state index is 12.4. The fourth-order valence-electron chi connectivity index (χ4n) is 2.51. The number of aromatic nitrogens is 4. The largest absolute Gasteiger partial charge is 0.492 e. The SMILES string of the molecule is Cc1cnc(C(=O)Nc2ccc(OCCN)c(-c3c(Cl)cnn3C)c2)cn1. The first-order valence-corrected chi connectivity index (χ1v) is 8.62. The van der Waals surface area contributed by atoms with Gasteiger partial charge in [-0.3, -0.25) is 14.5 Å². The molecule has 0 unspecified atom stereocenters. The van der Waals surface area contributed by atoms with Crippen molar-refractivity contribution in [3.63, 3.8) is 0 Å². The molecule has 2 aromatic heterocycles. The minimum absolute atomic E-state index is 0.226. The number of carbonyl (C=O) groups excluding carboxylic acids is 1. The van der Waals surface area contributed by atoms with Gasteiger partial charge in [0.15, 0.2) is 0 Å². The Bertz CT molecular complexity index is 935. The number of amides is 1. The van der Waals surface area contributed by atoms with E-state index in [0.717, 1.165) is 5.69 Å². The quantitative estimate of drug-likeness (QED) is 0.673. The van der Waals surface area contributed by atoms with Crippen molar-refractivity contribution in [2.45, 2.75) is 6.92 Å². The number of aryl methyl sites for hydroxylation is 2. The topological polar surface area (TPSA) is 108 Å². The second-order valence-corrected chi connectivity index (χ2v) is 6.22. The van der Waals surface area contributed by atoms with Crippen molar-refractivity contribution >= 4 is 23.2 Å². The first-order valence-electron chi connectivity index (χ1n) is 8.24. The lowest BCUT2D eigenvalue weighted by Crippen LogP contribution is -2.15. The monoisotopic (exact) mass is 386 g/mol. The number of nitrogens with one attached hydrogen (secondary N) is 1. The molecule has 9 heteroatoms. The molecule has 27 heavy (non-hydrogen) atoms. The molecule has 0 atom stereocenters. The average Bonchev–Trinajstić information content (AvgIpc) is 2.99. The lowest BCUT2D eigenvalue weighted by molar-refractivity contribution is 0.102. The van der Waals surface area contributed by atoms with E-state index in [2.05, 4.69) is 20.4 Å². The van der Waals surface area contributed by atoms with E-state index < -0.39 is 0 Å². The zero-order chi connectivity index (χ0) is 19.4. The normalized spacial score (nSPS) is 10.7. The minimum Gasteiger partial charge on any atom is -0.492 e. The van der Waals surface area contributed by atoms with E-state index in [0.29, 0.717) is 40.9 Å². The highest BCUT2D eigenvalue weighted by Gasteiger charge is 2.17. The number of hydrogen-bond donors (Lipinski definition) is 2. The minimum atomic E-state index is -0.361. The Balaban J connectivity index is 1.94. The third-order valence-corrected chi connectivity index (χ3v) is 4.05. The standard InChI is InChI=1S/C18H19ClN6O2/c1-11-8-22-15(10-21-11)18(26)24-12-3-4-16(27-6-5-20)13(7-12)17-14(19)9-23-25(17)2/h3-4,7-10H,5-6,20H2,1-2H3,(H,24,26). The van der Waals surface area contributed by atoms with E-state index in [1.807, 2.05) is 0 Å². The van der Waals surface area contributed by atoms with Crippen LogP contribution in [0.3, 0.4) is 0 Å². The van der Waals surface area contributed by atoms with Gasteiger partial charge in [-0.2, -0.15) is 5.10 Å². The van der Waals surface area contributed by atoms with Crippen molar-refractivity contribution in [3.05, 3.63) is 53.2 Å². The number of hydrogen-bond acceptors (Lipinski definition) is 6. The van der Waals surface area contributed by atoms with Crippen LogP contribution < -0.4 is 15.8 Å². The van der Waals surface area contributed by atoms with Gasteiger partial charge in [0.2, 0.25) is 0 Å². The molecule has 0 spiro atoms. The second kappa shape index (κ2) is 8.15. The molecule has 0 fully saturated rings. The van der Waals surface area contributed by atoms with Crippen LogP contribution in [0.4, 0.5) is 5.69 Å². The van der Waals surface area contributed by atoms with Gasteiger partial charge in [-0.15, -0.1) is 0 Å². The number of ether oxygens (including phenoxy) is 1. The molecule has 0 aliphatic heterocycles. The van der Waals surface area contributed by atoms with Crippen LogP contribution in [0, 0.1) is 6.92 Å². The Labute approximate surface area is 161 Å². The molecular formula is C18H19ClN6O2. The van der Waals surface area contributed by atoms with Gasteiger partial charge < -0.3 is 15.8 Å². The van der Waals surface area contributed by atoms with Gasteiger partial charge in [0.25, 0.3) is 5.91 Å². The average molecular weight is 387 g/mol. The van der Waals surface area contributed by atoms with Gasteiger partial charge >= 0.3 is 0 Å². The van der Waals surface area contributed by atoms with Crippen LogP contribution in [-0.4, -0.2) is 38.8 Å². The molecule has 1 amide bonds. The van der Waals surface area contributed by atoms with Crippen molar-refractivity contribution in [2.24, 2.45) is 12.8 Å². The number of nitrogens with zero attached hydrogens (tertiary/aromatic N) is 4. The Morgan fingerprint density at radius 3 is 2.74 bits per heavy atom. The zero-order valence-corrected chi connectivity index (χ0v) is 15.7.